The van der Waals surface area contributed by atoms with Crippen LogP contribution in [0.25, 0.3) is 0 Å². The Hall–Kier alpha value is -4.24. The van der Waals surface area contributed by atoms with E-state index in [0.29, 0.717) is 23.6 Å². The summed E-state index contributed by atoms with van der Waals surface area (Å²) in [6.45, 7) is 2.00. The van der Waals surface area contributed by atoms with Gasteiger partial charge >= 0.3 is 0 Å². The maximum atomic E-state index is 14.4. The molecule has 0 aromatic heterocycles. The van der Waals surface area contributed by atoms with E-state index >= 15 is 0 Å². The third kappa shape index (κ3) is 6.26. The first kappa shape index (κ1) is 27.8. The van der Waals surface area contributed by atoms with E-state index < -0.39 is 23.7 Å². The van der Waals surface area contributed by atoms with Gasteiger partial charge in [-0.15, -0.1) is 0 Å². The van der Waals surface area contributed by atoms with E-state index in [2.05, 4.69) is 0 Å². The van der Waals surface area contributed by atoms with E-state index in [1.807, 2.05) is 43.3 Å². The Kier molecular flexibility index (Phi) is 8.93. The van der Waals surface area contributed by atoms with Crippen LogP contribution in [-0.4, -0.2) is 68.5 Å². The number of hydrogen-bond donors (Lipinski definition) is 0. The minimum absolute atomic E-state index is 0.106. The molecular formula is C30H32FN3O5. The molecule has 0 saturated carbocycles. The second kappa shape index (κ2) is 12.5. The Balaban J connectivity index is 1.68. The second-order valence-electron chi connectivity index (χ2n) is 9.18. The minimum atomic E-state index is -0.650. The minimum Gasteiger partial charge on any atom is -0.497 e. The number of carbonyl (C=O) groups is 2. The van der Waals surface area contributed by atoms with E-state index in [1.165, 1.54) is 35.2 Å². The van der Waals surface area contributed by atoms with Crippen molar-refractivity contribution in [1.82, 2.24) is 9.91 Å². The van der Waals surface area contributed by atoms with Gasteiger partial charge in [0.15, 0.2) is 0 Å². The molecule has 39 heavy (non-hydrogen) atoms. The van der Waals surface area contributed by atoms with Crippen LogP contribution in [0.1, 0.15) is 39.5 Å². The van der Waals surface area contributed by atoms with Crippen LogP contribution in [0.15, 0.2) is 71.8 Å². The Morgan fingerprint density at radius 2 is 1.77 bits per heavy atom. The molecule has 3 aromatic rings. The van der Waals surface area contributed by atoms with Gasteiger partial charge in [-0.25, -0.2) is 9.40 Å². The quantitative estimate of drug-likeness (QED) is 0.380. The number of ether oxygens (including phenoxy) is 3. The van der Waals surface area contributed by atoms with E-state index in [1.54, 1.807) is 26.4 Å². The van der Waals surface area contributed by atoms with Crippen LogP contribution in [0.2, 0.25) is 0 Å². The highest BCUT2D eigenvalue weighted by Crippen LogP contribution is 2.36. The standard InChI is InChI=1S/C30H32FN3O5/c1-20-9-11-21(12-10-20)27-18-26(24-14-13-22(38-3)17-28(24)39-4)32-34(27)29(35)19-33(15-16-37-2)30(36)23-7-5-6-8-25(23)31/h5-14,17,27H,15-16,18-19H2,1-4H3. The molecule has 204 valence electrons. The molecule has 1 aliphatic rings. The van der Waals surface area contributed by atoms with Crippen LogP contribution in [0.3, 0.4) is 0 Å². The molecule has 1 aliphatic heterocycles. The molecule has 9 heteroatoms. The lowest BCUT2D eigenvalue weighted by atomic mass is 9.97. The number of rotatable bonds is 10. The van der Waals surface area contributed by atoms with Crippen LogP contribution < -0.4 is 9.47 Å². The Bertz CT molecular complexity index is 1360. The molecule has 1 unspecified atom stereocenters. The van der Waals surface area contributed by atoms with Gasteiger partial charge in [0.1, 0.15) is 23.9 Å². The molecule has 8 nitrogen and oxygen atoms in total. The SMILES string of the molecule is COCCN(CC(=O)N1N=C(c2ccc(OC)cc2OC)CC1c1ccc(C)cc1)C(=O)c1ccccc1F. The van der Waals surface area contributed by atoms with Gasteiger partial charge in [0, 0.05) is 31.7 Å². The van der Waals surface area contributed by atoms with Gasteiger partial charge < -0.3 is 19.1 Å². The smallest absolute Gasteiger partial charge is 0.262 e. The first-order valence-electron chi connectivity index (χ1n) is 12.6. The highest BCUT2D eigenvalue weighted by molar-refractivity contribution is 6.05. The van der Waals surface area contributed by atoms with E-state index in [-0.39, 0.29) is 25.3 Å². The summed E-state index contributed by atoms with van der Waals surface area (Å²) in [4.78, 5) is 28.3. The first-order chi connectivity index (χ1) is 18.9. The first-order valence-corrected chi connectivity index (χ1v) is 12.6. The Labute approximate surface area is 227 Å². The molecule has 2 amide bonds. The van der Waals surface area contributed by atoms with Gasteiger partial charge in [-0.3, -0.25) is 9.59 Å². The fourth-order valence-electron chi connectivity index (χ4n) is 4.48. The summed E-state index contributed by atoms with van der Waals surface area (Å²) in [6, 6.07) is 18.7. The maximum Gasteiger partial charge on any atom is 0.262 e. The lowest BCUT2D eigenvalue weighted by Gasteiger charge is -2.27. The molecule has 0 bridgehead atoms. The predicted molar refractivity (Wildman–Crippen MR) is 146 cm³/mol. The number of benzene rings is 3. The second-order valence-corrected chi connectivity index (χ2v) is 9.18. The number of amides is 2. The molecule has 4 rings (SSSR count). The van der Waals surface area contributed by atoms with Gasteiger partial charge in [-0.2, -0.15) is 5.10 Å². The van der Waals surface area contributed by atoms with Gasteiger partial charge in [-0.05, 0) is 36.8 Å². The maximum absolute atomic E-state index is 14.4. The van der Waals surface area contributed by atoms with Crippen LogP contribution >= 0.6 is 0 Å². The summed E-state index contributed by atoms with van der Waals surface area (Å²) in [7, 11) is 4.64. The summed E-state index contributed by atoms with van der Waals surface area (Å²) in [6.07, 6.45) is 0.441. The molecule has 3 aromatic carbocycles. The van der Waals surface area contributed by atoms with Crippen molar-refractivity contribution in [1.29, 1.82) is 0 Å². The number of carbonyl (C=O) groups excluding carboxylic acids is 2. The van der Waals surface area contributed by atoms with Crippen molar-refractivity contribution in [3.63, 3.8) is 0 Å². The van der Waals surface area contributed by atoms with Crippen LogP contribution in [0.5, 0.6) is 11.5 Å². The number of methoxy groups -OCH3 is 3. The van der Waals surface area contributed by atoms with Crippen LogP contribution in [0, 0.1) is 12.7 Å². The monoisotopic (exact) mass is 533 g/mol. The highest BCUT2D eigenvalue weighted by Gasteiger charge is 2.35. The average Bonchev–Trinajstić information content (AvgIpc) is 3.40. The highest BCUT2D eigenvalue weighted by atomic mass is 19.1. The summed E-state index contributed by atoms with van der Waals surface area (Å²) in [5.41, 5.74) is 3.30. The predicted octanol–water partition coefficient (Wildman–Crippen LogP) is 4.62. The molecule has 0 radical (unpaired) electrons. The van der Waals surface area contributed by atoms with Crippen molar-refractivity contribution in [3.05, 3.63) is 94.8 Å². The topological polar surface area (TPSA) is 80.7 Å². The number of hydrogen-bond acceptors (Lipinski definition) is 6. The molecule has 1 heterocycles. The number of nitrogens with zero attached hydrogens (tertiary/aromatic N) is 3. The van der Waals surface area contributed by atoms with Gasteiger partial charge in [-0.1, -0.05) is 42.0 Å². The Morgan fingerprint density at radius 3 is 2.44 bits per heavy atom. The lowest BCUT2D eigenvalue weighted by molar-refractivity contribution is -0.133. The molecular weight excluding hydrogens is 501 g/mol. The van der Waals surface area contributed by atoms with Crippen molar-refractivity contribution in [2.75, 3.05) is 41.0 Å². The zero-order valence-electron chi connectivity index (χ0n) is 22.5. The third-order valence-electron chi connectivity index (χ3n) is 6.63. The summed E-state index contributed by atoms with van der Waals surface area (Å²) in [5.74, 6) is -0.434. The van der Waals surface area contributed by atoms with Crippen molar-refractivity contribution in [3.8, 4) is 11.5 Å². The lowest BCUT2D eigenvalue weighted by Crippen LogP contribution is -2.43. The number of aryl methyl sites for hydroxylation is 1. The summed E-state index contributed by atoms with van der Waals surface area (Å²) in [5, 5.41) is 6.14. The normalized spacial score (nSPS) is 14.6. The number of hydrazone groups is 1. The van der Waals surface area contributed by atoms with Crippen LogP contribution in [-0.2, 0) is 9.53 Å². The summed E-state index contributed by atoms with van der Waals surface area (Å²) < 4.78 is 30.5. The van der Waals surface area contributed by atoms with Gasteiger partial charge in [0.05, 0.1) is 38.1 Å². The molecule has 0 N–H and O–H groups in total. The number of halogens is 1. The molecule has 0 saturated heterocycles. The van der Waals surface area contributed by atoms with Crippen molar-refractivity contribution in [2.45, 2.75) is 19.4 Å². The van der Waals surface area contributed by atoms with Crippen LogP contribution in [0.4, 0.5) is 4.39 Å². The zero-order chi connectivity index (χ0) is 27.9. The Morgan fingerprint density at radius 1 is 1.03 bits per heavy atom. The molecule has 1 atom stereocenters. The largest absolute Gasteiger partial charge is 0.497 e. The van der Waals surface area contributed by atoms with Crippen molar-refractivity contribution < 1.29 is 28.2 Å². The fourth-order valence-corrected chi connectivity index (χ4v) is 4.48. The molecule has 0 fully saturated rings. The van der Waals surface area contributed by atoms with E-state index in [4.69, 9.17) is 19.3 Å². The molecule has 0 spiro atoms. The van der Waals surface area contributed by atoms with Crippen molar-refractivity contribution >= 4 is 17.5 Å². The summed E-state index contributed by atoms with van der Waals surface area (Å²) >= 11 is 0. The van der Waals surface area contributed by atoms with Crippen molar-refractivity contribution in [2.24, 2.45) is 5.10 Å². The average molecular weight is 534 g/mol. The zero-order valence-corrected chi connectivity index (χ0v) is 22.5. The van der Waals surface area contributed by atoms with E-state index in [0.717, 1.165) is 16.7 Å². The van der Waals surface area contributed by atoms with Gasteiger partial charge in [0.2, 0.25) is 0 Å². The van der Waals surface area contributed by atoms with E-state index in [9.17, 15) is 14.0 Å². The molecule has 0 aliphatic carbocycles. The third-order valence-corrected chi connectivity index (χ3v) is 6.63. The fraction of sp³-hybridized carbons (Fsp3) is 0.300. The van der Waals surface area contributed by atoms with Gasteiger partial charge in [0.25, 0.3) is 11.8 Å².